The van der Waals surface area contributed by atoms with Crippen LogP contribution in [0, 0.1) is 0 Å². The Morgan fingerprint density at radius 1 is 0.875 bits per heavy atom. The first-order chi connectivity index (χ1) is 11.7. The highest BCUT2D eigenvalue weighted by Gasteiger charge is 2.20. The van der Waals surface area contributed by atoms with Crippen molar-refractivity contribution >= 4 is 0 Å². The van der Waals surface area contributed by atoms with Crippen LogP contribution in [0.4, 0.5) is 0 Å². The maximum atomic E-state index is 9.31. The van der Waals surface area contributed by atoms with Gasteiger partial charge in [0.25, 0.3) is 0 Å². The lowest BCUT2D eigenvalue weighted by molar-refractivity contribution is 0.123. The summed E-state index contributed by atoms with van der Waals surface area (Å²) in [5.74, 6) is 0.788. The molecule has 2 nitrogen and oxygen atoms in total. The Hall–Kier alpha value is -2.58. The van der Waals surface area contributed by atoms with E-state index in [4.69, 9.17) is 4.74 Å². The van der Waals surface area contributed by atoms with Gasteiger partial charge in [0.1, 0.15) is 12.4 Å². The molecule has 120 valence electrons. The zero-order valence-corrected chi connectivity index (χ0v) is 13.7. The largest absolute Gasteiger partial charge is 0.491 e. The van der Waals surface area contributed by atoms with Gasteiger partial charge in [-0.2, -0.15) is 0 Å². The van der Waals surface area contributed by atoms with Gasteiger partial charge in [-0.1, -0.05) is 54.6 Å². The summed E-state index contributed by atoms with van der Waals surface area (Å²) in [6.07, 6.45) is 0.530. The van der Waals surface area contributed by atoms with Crippen LogP contribution in [0.25, 0.3) is 22.3 Å². The van der Waals surface area contributed by atoms with Gasteiger partial charge in [0.15, 0.2) is 0 Å². The fraction of sp³-hybridized carbons (Fsp3) is 0.182. The van der Waals surface area contributed by atoms with Crippen LogP contribution in [0.15, 0.2) is 66.7 Å². The summed E-state index contributed by atoms with van der Waals surface area (Å²) in [6.45, 7) is 2.04. The third kappa shape index (κ3) is 2.70. The van der Waals surface area contributed by atoms with E-state index in [0.29, 0.717) is 6.61 Å². The number of fused-ring (bicyclic) bond motifs is 3. The average Bonchev–Trinajstić information content (AvgIpc) is 2.99. The summed E-state index contributed by atoms with van der Waals surface area (Å²) in [7, 11) is 0. The topological polar surface area (TPSA) is 29.5 Å². The summed E-state index contributed by atoms with van der Waals surface area (Å²) in [4.78, 5) is 0. The lowest BCUT2D eigenvalue weighted by Crippen LogP contribution is -2.12. The molecule has 0 radical (unpaired) electrons. The van der Waals surface area contributed by atoms with Gasteiger partial charge in [-0.25, -0.2) is 0 Å². The molecule has 0 aliphatic heterocycles. The Bertz CT molecular complexity index is 863. The summed E-state index contributed by atoms with van der Waals surface area (Å²) in [6, 6.07) is 23.3. The molecule has 1 aliphatic carbocycles. The van der Waals surface area contributed by atoms with Crippen molar-refractivity contribution in [2.75, 3.05) is 6.61 Å². The number of ether oxygens (including phenoxy) is 1. The number of aliphatic hydroxyl groups is 1. The smallest absolute Gasteiger partial charge is 0.119 e. The van der Waals surface area contributed by atoms with Crippen molar-refractivity contribution in [3.05, 3.63) is 77.9 Å². The van der Waals surface area contributed by atoms with Crippen LogP contribution >= 0.6 is 0 Å². The Kier molecular flexibility index (Phi) is 3.83. The molecular weight excluding hydrogens is 296 g/mol. The second-order valence-corrected chi connectivity index (χ2v) is 6.35. The van der Waals surface area contributed by atoms with E-state index in [1.807, 2.05) is 12.1 Å². The van der Waals surface area contributed by atoms with E-state index in [9.17, 15) is 5.11 Å². The average molecular weight is 316 g/mol. The van der Waals surface area contributed by atoms with Crippen LogP contribution < -0.4 is 4.74 Å². The number of benzene rings is 3. The molecule has 0 spiro atoms. The maximum absolute atomic E-state index is 9.31. The Morgan fingerprint density at radius 2 is 1.58 bits per heavy atom. The molecule has 0 saturated heterocycles. The third-order valence-corrected chi connectivity index (χ3v) is 4.51. The normalized spacial score (nSPS) is 13.2. The summed E-state index contributed by atoms with van der Waals surface area (Å²) in [5, 5.41) is 9.31. The molecule has 3 aromatic carbocycles. The zero-order chi connectivity index (χ0) is 16.5. The van der Waals surface area contributed by atoms with Gasteiger partial charge >= 0.3 is 0 Å². The first-order valence-electron chi connectivity index (χ1n) is 8.34. The zero-order valence-electron chi connectivity index (χ0n) is 13.7. The van der Waals surface area contributed by atoms with E-state index in [1.165, 1.54) is 33.4 Å². The van der Waals surface area contributed by atoms with Crippen molar-refractivity contribution in [3.8, 4) is 28.0 Å². The van der Waals surface area contributed by atoms with E-state index < -0.39 is 6.10 Å². The highest BCUT2D eigenvalue weighted by molar-refractivity contribution is 5.84. The van der Waals surface area contributed by atoms with Gasteiger partial charge in [0, 0.05) is 0 Å². The SMILES string of the molecule is CC(O)COc1ccc(-c2cccc3c2Cc2ccccc2-3)cc1. The molecule has 24 heavy (non-hydrogen) atoms. The highest BCUT2D eigenvalue weighted by Crippen LogP contribution is 2.41. The monoisotopic (exact) mass is 316 g/mol. The van der Waals surface area contributed by atoms with Gasteiger partial charge in [0.2, 0.25) is 0 Å². The van der Waals surface area contributed by atoms with Gasteiger partial charge in [0.05, 0.1) is 6.10 Å². The molecule has 1 aliphatic rings. The van der Waals surface area contributed by atoms with Crippen LogP contribution in [-0.4, -0.2) is 17.8 Å². The van der Waals surface area contributed by atoms with Crippen molar-refractivity contribution in [1.29, 1.82) is 0 Å². The second-order valence-electron chi connectivity index (χ2n) is 6.35. The van der Waals surface area contributed by atoms with Crippen LogP contribution in [0.1, 0.15) is 18.1 Å². The van der Waals surface area contributed by atoms with Crippen molar-refractivity contribution in [3.63, 3.8) is 0 Å². The standard InChI is InChI=1S/C22H20O2/c1-15(23)14-24-18-11-9-16(10-12-18)19-7-4-8-21-20-6-3-2-5-17(20)13-22(19)21/h2-12,15,23H,13-14H2,1H3. The molecule has 0 amide bonds. The molecule has 1 unspecified atom stereocenters. The van der Waals surface area contributed by atoms with E-state index in [0.717, 1.165) is 12.2 Å². The predicted molar refractivity (Wildman–Crippen MR) is 97.3 cm³/mol. The molecule has 2 heteroatoms. The van der Waals surface area contributed by atoms with E-state index in [1.54, 1.807) is 6.92 Å². The Balaban J connectivity index is 1.67. The van der Waals surface area contributed by atoms with Gasteiger partial charge < -0.3 is 9.84 Å². The molecule has 0 aromatic heterocycles. The fourth-order valence-corrected chi connectivity index (χ4v) is 3.38. The summed E-state index contributed by atoms with van der Waals surface area (Å²) in [5.41, 5.74) is 7.98. The summed E-state index contributed by atoms with van der Waals surface area (Å²) < 4.78 is 5.55. The van der Waals surface area contributed by atoms with Crippen molar-refractivity contribution in [1.82, 2.24) is 0 Å². The Morgan fingerprint density at radius 3 is 2.38 bits per heavy atom. The molecule has 3 aromatic rings. The predicted octanol–water partition coefficient (Wildman–Crippen LogP) is 4.68. The van der Waals surface area contributed by atoms with Crippen LogP contribution in [0.5, 0.6) is 5.75 Å². The van der Waals surface area contributed by atoms with Gasteiger partial charge in [-0.05, 0) is 58.9 Å². The van der Waals surface area contributed by atoms with Crippen LogP contribution in [0.3, 0.4) is 0 Å². The lowest BCUT2D eigenvalue weighted by Gasteiger charge is -2.11. The van der Waals surface area contributed by atoms with Crippen molar-refractivity contribution in [2.45, 2.75) is 19.4 Å². The van der Waals surface area contributed by atoms with Crippen LogP contribution in [-0.2, 0) is 6.42 Å². The van der Waals surface area contributed by atoms with Gasteiger partial charge in [-0.3, -0.25) is 0 Å². The minimum absolute atomic E-state index is 0.315. The minimum Gasteiger partial charge on any atom is -0.491 e. The number of aliphatic hydroxyl groups excluding tert-OH is 1. The molecular formula is C22H20O2. The fourth-order valence-electron chi connectivity index (χ4n) is 3.38. The van der Waals surface area contributed by atoms with Crippen LogP contribution in [0.2, 0.25) is 0 Å². The Labute approximate surface area is 142 Å². The number of hydrogen-bond acceptors (Lipinski definition) is 2. The quantitative estimate of drug-likeness (QED) is 0.592. The second kappa shape index (κ2) is 6.14. The molecule has 4 rings (SSSR count). The molecule has 0 heterocycles. The lowest BCUT2D eigenvalue weighted by atomic mass is 9.96. The van der Waals surface area contributed by atoms with E-state index in [-0.39, 0.29) is 0 Å². The van der Waals surface area contributed by atoms with Crippen molar-refractivity contribution in [2.24, 2.45) is 0 Å². The third-order valence-electron chi connectivity index (χ3n) is 4.51. The van der Waals surface area contributed by atoms with E-state index >= 15 is 0 Å². The van der Waals surface area contributed by atoms with E-state index in [2.05, 4.69) is 54.6 Å². The molecule has 0 saturated carbocycles. The number of hydrogen-bond donors (Lipinski definition) is 1. The number of rotatable bonds is 4. The first kappa shape index (κ1) is 15.0. The van der Waals surface area contributed by atoms with Gasteiger partial charge in [-0.15, -0.1) is 0 Å². The maximum Gasteiger partial charge on any atom is 0.119 e. The minimum atomic E-state index is -0.458. The highest BCUT2D eigenvalue weighted by atomic mass is 16.5. The summed E-state index contributed by atoms with van der Waals surface area (Å²) >= 11 is 0. The first-order valence-corrected chi connectivity index (χ1v) is 8.34. The molecule has 0 fully saturated rings. The molecule has 1 N–H and O–H groups in total. The van der Waals surface area contributed by atoms with Crippen molar-refractivity contribution < 1.29 is 9.84 Å². The molecule has 1 atom stereocenters. The molecule has 0 bridgehead atoms.